The fraction of sp³-hybridized carbons (Fsp3) is 1.00. The molecular formula is C15H30N2. The van der Waals surface area contributed by atoms with E-state index in [2.05, 4.69) is 44.8 Å². The molecule has 0 amide bonds. The summed E-state index contributed by atoms with van der Waals surface area (Å²) in [5, 5.41) is 3.76. The number of piperazine rings is 1. The zero-order valence-electron chi connectivity index (χ0n) is 12.3. The zero-order chi connectivity index (χ0) is 12.7. The minimum atomic E-state index is 0.274. The number of hydrogen-bond donors (Lipinski definition) is 1. The molecule has 1 saturated heterocycles. The average molecular weight is 238 g/mol. The van der Waals surface area contributed by atoms with E-state index in [1.807, 2.05) is 0 Å². The summed E-state index contributed by atoms with van der Waals surface area (Å²) in [5.41, 5.74) is 0.681. The molecule has 1 aliphatic carbocycles. The van der Waals surface area contributed by atoms with Crippen molar-refractivity contribution in [2.75, 3.05) is 13.1 Å². The molecule has 0 aromatic rings. The van der Waals surface area contributed by atoms with E-state index >= 15 is 0 Å². The zero-order valence-corrected chi connectivity index (χ0v) is 12.3. The van der Waals surface area contributed by atoms with Crippen LogP contribution in [0, 0.1) is 5.92 Å². The Kier molecular flexibility index (Phi) is 3.57. The summed E-state index contributed by atoms with van der Waals surface area (Å²) in [6.07, 6.45) is 5.51. The molecule has 1 heterocycles. The minimum absolute atomic E-state index is 0.274. The van der Waals surface area contributed by atoms with Crippen molar-refractivity contribution in [3.8, 4) is 0 Å². The molecule has 2 rings (SSSR count). The van der Waals surface area contributed by atoms with Crippen molar-refractivity contribution in [2.24, 2.45) is 5.92 Å². The van der Waals surface area contributed by atoms with Crippen LogP contribution in [0.15, 0.2) is 0 Å². The second-order valence-electron chi connectivity index (χ2n) is 7.13. The third kappa shape index (κ3) is 2.68. The lowest BCUT2D eigenvalue weighted by Gasteiger charge is -2.54. The molecule has 2 aliphatic rings. The lowest BCUT2D eigenvalue weighted by molar-refractivity contribution is -0.0189. The molecule has 2 nitrogen and oxygen atoms in total. The number of rotatable bonds is 4. The summed E-state index contributed by atoms with van der Waals surface area (Å²) in [6, 6.07) is 0.729. The highest BCUT2D eigenvalue weighted by molar-refractivity contribution is 5.08. The molecule has 0 aromatic heterocycles. The van der Waals surface area contributed by atoms with E-state index < -0.39 is 0 Å². The largest absolute Gasteiger partial charge is 0.309 e. The van der Waals surface area contributed by atoms with Gasteiger partial charge in [0.2, 0.25) is 0 Å². The van der Waals surface area contributed by atoms with Gasteiger partial charge in [-0.3, -0.25) is 4.90 Å². The second-order valence-corrected chi connectivity index (χ2v) is 7.13. The van der Waals surface area contributed by atoms with E-state index in [1.165, 1.54) is 38.8 Å². The molecular weight excluding hydrogens is 208 g/mol. The van der Waals surface area contributed by atoms with Crippen LogP contribution in [0.2, 0.25) is 0 Å². The Morgan fingerprint density at radius 1 is 1.29 bits per heavy atom. The van der Waals surface area contributed by atoms with Gasteiger partial charge in [0.05, 0.1) is 0 Å². The highest BCUT2D eigenvalue weighted by Crippen LogP contribution is 2.45. The Bertz CT molecular complexity index is 270. The quantitative estimate of drug-likeness (QED) is 0.810. The number of nitrogens with one attached hydrogen (secondary N) is 1. The lowest BCUT2D eigenvalue weighted by Crippen LogP contribution is -2.69. The Labute approximate surface area is 107 Å². The van der Waals surface area contributed by atoms with Crippen molar-refractivity contribution in [2.45, 2.75) is 77.4 Å². The predicted molar refractivity (Wildman–Crippen MR) is 74.3 cm³/mol. The Morgan fingerprint density at radius 2 is 1.94 bits per heavy atom. The van der Waals surface area contributed by atoms with E-state index in [4.69, 9.17) is 0 Å². The van der Waals surface area contributed by atoms with E-state index in [0.717, 1.165) is 12.0 Å². The third-order valence-electron chi connectivity index (χ3n) is 4.84. The van der Waals surface area contributed by atoms with Gasteiger partial charge in [-0.25, -0.2) is 0 Å². The molecule has 0 aromatic carbocycles. The normalized spacial score (nSPS) is 35.8. The molecule has 0 bridgehead atoms. The number of nitrogens with zero attached hydrogens (tertiary/aromatic N) is 1. The maximum Gasteiger partial charge on any atom is 0.0337 e. The van der Waals surface area contributed by atoms with E-state index in [0.29, 0.717) is 5.54 Å². The first-order valence-corrected chi connectivity index (χ1v) is 7.41. The van der Waals surface area contributed by atoms with Gasteiger partial charge in [0.15, 0.2) is 0 Å². The van der Waals surface area contributed by atoms with Gasteiger partial charge in [0.25, 0.3) is 0 Å². The monoisotopic (exact) mass is 238 g/mol. The molecule has 0 radical (unpaired) electrons. The summed E-state index contributed by atoms with van der Waals surface area (Å²) in [4.78, 5) is 2.81. The van der Waals surface area contributed by atoms with Gasteiger partial charge in [0, 0.05) is 30.2 Å². The van der Waals surface area contributed by atoms with Gasteiger partial charge >= 0.3 is 0 Å². The molecule has 1 aliphatic heterocycles. The molecule has 2 heteroatoms. The summed E-state index contributed by atoms with van der Waals surface area (Å²) in [6.45, 7) is 14.2. The van der Waals surface area contributed by atoms with E-state index in [1.54, 1.807) is 0 Å². The molecule has 1 N–H and O–H groups in total. The van der Waals surface area contributed by atoms with Crippen molar-refractivity contribution in [1.82, 2.24) is 10.2 Å². The van der Waals surface area contributed by atoms with Crippen molar-refractivity contribution < 1.29 is 0 Å². The molecule has 17 heavy (non-hydrogen) atoms. The van der Waals surface area contributed by atoms with Crippen LogP contribution in [0.1, 0.15) is 60.3 Å². The molecule has 100 valence electrons. The standard InChI is InChI=1S/C15H30N2/c1-6-7-12(2)17-11-14(3,4)16-10-15(17,5)13-8-9-13/h12-13,16H,6-11H2,1-5H3. The van der Waals surface area contributed by atoms with Gasteiger partial charge in [-0.15, -0.1) is 0 Å². The van der Waals surface area contributed by atoms with Crippen LogP contribution in [-0.4, -0.2) is 35.1 Å². The molecule has 2 atom stereocenters. The summed E-state index contributed by atoms with van der Waals surface area (Å²) < 4.78 is 0. The van der Waals surface area contributed by atoms with Gasteiger partial charge in [-0.2, -0.15) is 0 Å². The average Bonchev–Trinajstić information content (AvgIpc) is 3.06. The van der Waals surface area contributed by atoms with Crippen LogP contribution in [-0.2, 0) is 0 Å². The first-order chi connectivity index (χ1) is 7.89. The fourth-order valence-electron chi connectivity index (χ4n) is 3.50. The van der Waals surface area contributed by atoms with E-state index in [9.17, 15) is 0 Å². The topological polar surface area (TPSA) is 15.3 Å². The first kappa shape index (κ1) is 13.4. The molecule has 2 unspecified atom stereocenters. The predicted octanol–water partition coefficient (Wildman–Crippen LogP) is 3.03. The van der Waals surface area contributed by atoms with Crippen LogP contribution in [0.3, 0.4) is 0 Å². The highest BCUT2D eigenvalue weighted by atomic mass is 15.3. The van der Waals surface area contributed by atoms with Crippen molar-refractivity contribution in [1.29, 1.82) is 0 Å². The molecule has 0 spiro atoms. The molecule has 1 saturated carbocycles. The van der Waals surface area contributed by atoms with Crippen LogP contribution >= 0.6 is 0 Å². The van der Waals surface area contributed by atoms with E-state index in [-0.39, 0.29) is 5.54 Å². The second kappa shape index (κ2) is 4.55. The van der Waals surface area contributed by atoms with Crippen molar-refractivity contribution >= 4 is 0 Å². The Morgan fingerprint density at radius 3 is 2.47 bits per heavy atom. The Balaban J connectivity index is 2.14. The maximum absolute atomic E-state index is 3.76. The highest BCUT2D eigenvalue weighted by Gasteiger charge is 2.50. The van der Waals surface area contributed by atoms with Crippen LogP contribution in [0.4, 0.5) is 0 Å². The van der Waals surface area contributed by atoms with Gasteiger partial charge in [-0.05, 0) is 52.9 Å². The maximum atomic E-state index is 3.76. The lowest BCUT2D eigenvalue weighted by atomic mass is 9.84. The fourth-order valence-corrected chi connectivity index (χ4v) is 3.50. The van der Waals surface area contributed by atoms with Gasteiger partial charge in [-0.1, -0.05) is 13.3 Å². The SMILES string of the molecule is CCCC(C)N1CC(C)(C)NCC1(C)C1CC1. The van der Waals surface area contributed by atoms with Gasteiger partial charge in [0.1, 0.15) is 0 Å². The van der Waals surface area contributed by atoms with Crippen LogP contribution in [0.5, 0.6) is 0 Å². The first-order valence-electron chi connectivity index (χ1n) is 7.41. The smallest absolute Gasteiger partial charge is 0.0337 e. The minimum Gasteiger partial charge on any atom is -0.309 e. The van der Waals surface area contributed by atoms with Crippen molar-refractivity contribution in [3.05, 3.63) is 0 Å². The van der Waals surface area contributed by atoms with Crippen LogP contribution < -0.4 is 5.32 Å². The summed E-state index contributed by atoms with van der Waals surface area (Å²) >= 11 is 0. The van der Waals surface area contributed by atoms with Crippen molar-refractivity contribution in [3.63, 3.8) is 0 Å². The van der Waals surface area contributed by atoms with Gasteiger partial charge < -0.3 is 5.32 Å². The number of hydrogen-bond acceptors (Lipinski definition) is 2. The Hall–Kier alpha value is -0.0800. The molecule has 2 fully saturated rings. The summed E-state index contributed by atoms with van der Waals surface area (Å²) in [5.74, 6) is 0.936. The van der Waals surface area contributed by atoms with Crippen LogP contribution in [0.25, 0.3) is 0 Å². The summed E-state index contributed by atoms with van der Waals surface area (Å²) in [7, 11) is 0. The third-order valence-corrected chi connectivity index (χ3v) is 4.84.